The van der Waals surface area contributed by atoms with Crippen LogP contribution in [-0.4, -0.2) is 54.1 Å². The maximum absolute atomic E-state index is 11.2. The summed E-state index contributed by atoms with van der Waals surface area (Å²) in [6.07, 6.45) is 2.53. The first kappa shape index (κ1) is 19.6. The highest BCUT2D eigenvalue weighted by Gasteiger charge is 2.16. The van der Waals surface area contributed by atoms with E-state index in [1.165, 1.54) is 0 Å². The maximum Gasteiger partial charge on any atom is 0.320 e. The van der Waals surface area contributed by atoms with Crippen molar-refractivity contribution in [3.63, 3.8) is 0 Å². The van der Waals surface area contributed by atoms with Crippen LogP contribution in [0.4, 0.5) is 0 Å². The van der Waals surface area contributed by atoms with Gasteiger partial charge in [0.2, 0.25) is 0 Å². The highest BCUT2D eigenvalue weighted by Crippen LogP contribution is 2.28. The second kappa shape index (κ2) is 11.2. The van der Waals surface area contributed by atoms with Gasteiger partial charge in [0, 0.05) is 6.54 Å². The first-order chi connectivity index (χ1) is 11.1. The van der Waals surface area contributed by atoms with Crippen molar-refractivity contribution in [2.75, 3.05) is 31.8 Å². The van der Waals surface area contributed by atoms with Crippen LogP contribution in [0, 0.1) is 0 Å². The summed E-state index contributed by atoms with van der Waals surface area (Å²) in [4.78, 5) is 11.2. The van der Waals surface area contributed by atoms with Crippen LogP contribution in [0.5, 0.6) is 11.5 Å². The fraction of sp³-hybridized carbons (Fsp3) is 0.562. The van der Waals surface area contributed by atoms with Gasteiger partial charge in [-0.25, -0.2) is 0 Å². The molecule has 6 nitrogen and oxygen atoms in total. The lowest BCUT2D eigenvalue weighted by atomic mass is 10.1. The van der Waals surface area contributed by atoms with Crippen LogP contribution in [0.25, 0.3) is 0 Å². The Labute approximate surface area is 141 Å². The highest BCUT2D eigenvalue weighted by molar-refractivity contribution is 7.98. The molecule has 0 saturated carbocycles. The molecule has 130 valence electrons. The zero-order chi connectivity index (χ0) is 17.1. The smallest absolute Gasteiger partial charge is 0.320 e. The van der Waals surface area contributed by atoms with Crippen LogP contribution in [0.15, 0.2) is 18.2 Å². The molecule has 0 amide bonds. The summed E-state index contributed by atoms with van der Waals surface area (Å²) in [5.41, 5.74) is 0.917. The van der Waals surface area contributed by atoms with Crippen LogP contribution >= 0.6 is 11.8 Å². The molecular formula is C16H25NO5S. The SMILES string of the molecule is CCOc1cc(CNC(CCSC)C(=O)O)ccc1OCCO. The number of aliphatic hydroxyl groups excluding tert-OH is 1. The van der Waals surface area contributed by atoms with E-state index >= 15 is 0 Å². The molecule has 0 aromatic heterocycles. The fourth-order valence-corrected chi connectivity index (χ4v) is 2.47. The Kier molecular flexibility index (Phi) is 9.51. The predicted molar refractivity (Wildman–Crippen MR) is 91.5 cm³/mol. The number of rotatable bonds is 12. The van der Waals surface area contributed by atoms with Gasteiger partial charge >= 0.3 is 5.97 Å². The van der Waals surface area contributed by atoms with E-state index in [0.717, 1.165) is 11.3 Å². The van der Waals surface area contributed by atoms with Crippen molar-refractivity contribution in [2.45, 2.75) is 25.9 Å². The summed E-state index contributed by atoms with van der Waals surface area (Å²) in [7, 11) is 0. The van der Waals surface area contributed by atoms with Crippen LogP contribution in [-0.2, 0) is 11.3 Å². The number of carbonyl (C=O) groups is 1. The topological polar surface area (TPSA) is 88.0 Å². The number of aliphatic hydroxyl groups is 1. The van der Waals surface area contributed by atoms with Crippen molar-refractivity contribution in [3.05, 3.63) is 23.8 Å². The van der Waals surface area contributed by atoms with E-state index in [9.17, 15) is 9.90 Å². The lowest BCUT2D eigenvalue weighted by Gasteiger charge is -2.16. The van der Waals surface area contributed by atoms with Gasteiger partial charge in [-0.1, -0.05) is 6.07 Å². The Morgan fingerprint density at radius 3 is 2.74 bits per heavy atom. The van der Waals surface area contributed by atoms with Crippen molar-refractivity contribution in [2.24, 2.45) is 0 Å². The van der Waals surface area contributed by atoms with E-state index in [0.29, 0.717) is 31.1 Å². The number of hydrogen-bond acceptors (Lipinski definition) is 6. The Balaban J connectivity index is 2.71. The fourth-order valence-electron chi connectivity index (χ4n) is 2.00. The third-order valence-electron chi connectivity index (χ3n) is 3.12. The van der Waals surface area contributed by atoms with Crippen LogP contribution in [0.1, 0.15) is 18.9 Å². The van der Waals surface area contributed by atoms with Gasteiger partial charge in [-0.15, -0.1) is 0 Å². The average Bonchev–Trinajstić information content (AvgIpc) is 2.54. The average molecular weight is 343 g/mol. The van der Waals surface area contributed by atoms with Crippen LogP contribution in [0.3, 0.4) is 0 Å². The second-order valence-corrected chi connectivity index (χ2v) is 5.82. The lowest BCUT2D eigenvalue weighted by Crippen LogP contribution is -2.36. The van der Waals surface area contributed by atoms with E-state index < -0.39 is 12.0 Å². The molecular weight excluding hydrogens is 318 g/mol. The molecule has 1 aromatic carbocycles. The van der Waals surface area contributed by atoms with E-state index in [2.05, 4.69) is 5.32 Å². The van der Waals surface area contributed by atoms with E-state index in [1.54, 1.807) is 17.8 Å². The first-order valence-corrected chi connectivity index (χ1v) is 8.96. The standard InChI is InChI=1S/C16H25NO5S/c1-3-21-15-10-12(4-5-14(15)22-8-7-18)11-17-13(16(19)20)6-9-23-2/h4-5,10,13,17-18H,3,6-9,11H2,1-2H3,(H,19,20). The number of nitrogens with one attached hydrogen (secondary N) is 1. The summed E-state index contributed by atoms with van der Waals surface area (Å²) in [5.74, 6) is 1.12. The number of benzene rings is 1. The van der Waals surface area contributed by atoms with Gasteiger partial charge < -0.3 is 25.0 Å². The predicted octanol–water partition coefficient (Wildman–Crippen LogP) is 1.75. The lowest BCUT2D eigenvalue weighted by molar-refractivity contribution is -0.139. The molecule has 0 radical (unpaired) electrons. The van der Waals surface area contributed by atoms with Gasteiger partial charge in [-0.05, 0) is 43.0 Å². The second-order valence-electron chi connectivity index (χ2n) is 4.84. The van der Waals surface area contributed by atoms with Crippen molar-refractivity contribution in [3.8, 4) is 11.5 Å². The third kappa shape index (κ3) is 7.11. The molecule has 0 bridgehead atoms. The van der Waals surface area contributed by atoms with Gasteiger partial charge in [0.15, 0.2) is 11.5 Å². The minimum Gasteiger partial charge on any atom is -0.490 e. The van der Waals surface area contributed by atoms with Crippen molar-refractivity contribution in [1.29, 1.82) is 0 Å². The molecule has 1 unspecified atom stereocenters. The number of carboxylic acids is 1. The summed E-state index contributed by atoms with van der Waals surface area (Å²) in [6, 6.07) is 4.89. The maximum atomic E-state index is 11.2. The molecule has 3 N–H and O–H groups in total. The number of hydrogen-bond donors (Lipinski definition) is 3. The van der Waals surface area contributed by atoms with E-state index in [-0.39, 0.29) is 13.2 Å². The third-order valence-corrected chi connectivity index (χ3v) is 3.76. The van der Waals surface area contributed by atoms with Crippen molar-refractivity contribution >= 4 is 17.7 Å². The minimum absolute atomic E-state index is 0.0649. The molecule has 0 saturated heterocycles. The molecule has 0 aliphatic rings. The normalized spacial score (nSPS) is 12.0. The molecule has 0 aliphatic carbocycles. The van der Waals surface area contributed by atoms with E-state index in [1.807, 2.05) is 25.3 Å². The Hall–Kier alpha value is -1.44. The van der Waals surface area contributed by atoms with E-state index in [4.69, 9.17) is 14.6 Å². The van der Waals surface area contributed by atoms with Gasteiger partial charge in [-0.2, -0.15) is 11.8 Å². The first-order valence-electron chi connectivity index (χ1n) is 7.56. The summed E-state index contributed by atoms with van der Waals surface area (Å²) < 4.78 is 11.0. The minimum atomic E-state index is -0.841. The summed E-state index contributed by atoms with van der Waals surface area (Å²) in [6.45, 7) is 2.95. The van der Waals surface area contributed by atoms with Gasteiger partial charge in [-0.3, -0.25) is 4.79 Å². The molecule has 1 aromatic rings. The number of carboxylic acid groups (broad SMARTS) is 1. The molecule has 1 atom stereocenters. The van der Waals surface area contributed by atoms with Crippen LogP contribution in [0.2, 0.25) is 0 Å². The molecule has 0 fully saturated rings. The highest BCUT2D eigenvalue weighted by atomic mass is 32.2. The van der Waals surface area contributed by atoms with Gasteiger partial charge in [0.05, 0.1) is 13.2 Å². The van der Waals surface area contributed by atoms with Gasteiger partial charge in [0.25, 0.3) is 0 Å². The molecule has 7 heteroatoms. The quantitative estimate of drug-likeness (QED) is 0.533. The van der Waals surface area contributed by atoms with Crippen LogP contribution < -0.4 is 14.8 Å². The monoisotopic (exact) mass is 343 g/mol. The van der Waals surface area contributed by atoms with Crippen molar-refractivity contribution in [1.82, 2.24) is 5.32 Å². The number of aliphatic carboxylic acids is 1. The largest absolute Gasteiger partial charge is 0.490 e. The summed E-state index contributed by atoms with van der Waals surface area (Å²) in [5, 5.41) is 21.1. The summed E-state index contributed by atoms with van der Waals surface area (Å²) >= 11 is 1.63. The molecule has 0 heterocycles. The Morgan fingerprint density at radius 2 is 2.13 bits per heavy atom. The van der Waals surface area contributed by atoms with Crippen molar-refractivity contribution < 1.29 is 24.5 Å². The van der Waals surface area contributed by atoms with Gasteiger partial charge in [0.1, 0.15) is 12.6 Å². The number of ether oxygens (including phenoxy) is 2. The zero-order valence-corrected chi connectivity index (χ0v) is 14.4. The molecule has 0 spiro atoms. The molecule has 23 heavy (non-hydrogen) atoms. The molecule has 1 rings (SSSR count). The Bertz CT molecular complexity index is 484. The number of thioether (sulfide) groups is 1. The Morgan fingerprint density at radius 1 is 1.35 bits per heavy atom. The zero-order valence-electron chi connectivity index (χ0n) is 13.6. The molecule has 0 aliphatic heterocycles.